The minimum Gasteiger partial charge on any atom is -0.330 e. The summed E-state index contributed by atoms with van der Waals surface area (Å²) in [5.74, 6) is -0.207. The Hall–Kier alpha value is -1.72. The molecule has 0 amide bonds. The zero-order chi connectivity index (χ0) is 16.7. The molecule has 2 heterocycles. The van der Waals surface area contributed by atoms with Crippen molar-refractivity contribution in [1.82, 2.24) is 14.7 Å². The number of nitrogens with two attached hydrogens (primary N) is 1. The average Bonchev–Trinajstić information content (AvgIpc) is 3.26. The monoisotopic (exact) mass is 328 g/mol. The minimum atomic E-state index is -0.207. The summed E-state index contributed by atoms with van der Waals surface area (Å²) in [6, 6.07) is 6.63. The van der Waals surface area contributed by atoms with Gasteiger partial charge in [0, 0.05) is 18.8 Å². The molecular weight excluding hydrogens is 303 g/mol. The van der Waals surface area contributed by atoms with Crippen molar-refractivity contribution in [3.05, 3.63) is 47.0 Å². The lowest BCUT2D eigenvalue weighted by Gasteiger charge is -2.22. The number of benzene rings is 1. The van der Waals surface area contributed by atoms with Gasteiger partial charge in [-0.05, 0) is 74.0 Å². The van der Waals surface area contributed by atoms with E-state index in [1.54, 1.807) is 0 Å². The molecule has 0 bridgehead atoms. The molecule has 1 atom stereocenters. The van der Waals surface area contributed by atoms with Crippen LogP contribution in [-0.2, 0) is 19.4 Å². The SMILES string of the molecule is CC1(CN)CCN(Cc2nn(-c3ccc(F)cc3)c3c2CCC3)C1. The third kappa shape index (κ3) is 2.76. The molecule has 1 saturated heterocycles. The molecule has 1 fully saturated rings. The summed E-state index contributed by atoms with van der Waals surface area (Å²) in [4.78, 5) is 2.47. The third-order valence-corrected chi connectivity index (χ3v) is 5.59. The zero-order valence-corrected chi connectivity index (χ0v) is 14.3. The van der Waals surface area contributed by atoms with Gasteiger partial charge in [-0.3, -0.25) is 4.90 Å². The third-order valence-electron chi connectivity index (χ3n) is 5.59. The Morgan fingerprint density at radius 1 is 1.25 bits per heavy atom. The first-order valence-corrected chi connectivity index (χ1v) is 8.86. The number of rotatable bonds is 4. The van der Waals surface area contributed by atoms with Crippen molar-refractivity contribution in [1.29, 1.82) is 0 Å². The fraction of sp³-hybridized carbons (Fsp3) is 0.526. The van der Waals surface area contributed by atoms with Crippen molar-refractivity contribution < 1.29 is 4.39 Å². The first kappa shape index (κ1) is 15.8. The molecule has 4 nitrogen and oxygen atoms in total. The van der Waals surface area contributed by atoms with E-state index in [2.05, 4.69) is 11.8 Å². The van der Waals surface area contributed by atoms with Gasteiger partial charge in [-0.15, -0.1) is 0 Å². The number of likely N-dealkylation sites (tertiary alicyclic amines) is 1. The summed E-state index contributed by atoms with van der Waals surface area (Å²) in [7, 11) is 0. The minimum absolute atomic E-state index is 0.207. The van der Waals surface area contributed by atoms with Gasteiger partial charge in [0.1, 0.15) is 5.82 Å². The number of hydrogen-bond donors (Lipinski definition) is 1. The van der Waals surface area contributed by atoms with Crippen LogP contribution in [0, 0.1) is 11.2 Å². The van der Waals surface area contributed by atoms with E-state index in [-0.39, 0.29) is 11.2 Å². The van der Waals surface area contributed by atoms with Crippen LogP contribution in [0.3, 0.4) is 0 Å². The van der Waals surface area contributed by atoms with Crippen LogP contribution in [-0.4, -0.2) is 34.3 Å². The molecule has 1 unspecified atom stereocenters. The van der Waals surface area contributed by atoms with Crippen LogP contribution in [0.25, 0.3) is 5.69 Å². The molecule has 1 aliphatic carbocycles. The molecule has 1 aromatic carbocycles. The Kier molecular flexibility index (Phi) is 3.93. The van der Waals surface area contributed by atoms with E-state index < -0.39 is 0 Å². The summed E-state index contributed by atoms with van der Waals surface area (Å²) in [5, 5.41) is 4.89. The van der Waals surface area contributed by atoms with Gasteiger partial charge >= 0.3 is 0 Å². The van der Waals surface area contributed by atoms with Crippen LogP contribution in [0.1, 0.15) is 36.7 Å². The van der Waals surface area contributed by atoms with Crippen LogP contribution < -0.4 is 5.73 Å². The van der Waals surface area contributed by atoms with E-state index in [0.29, 0.717) is 0 Å². The topological polar surface area (TPSA) is 47.1 Å². The van der Waals surface area contributed by atoms with E-state index in [1.165, 1.54) is 35.5 Å². The molecule has 2 aliphatic rings. The standard InChI is InChI=1S/C19H25FN4/c1-19(12-21)9-10-23(13-19)11-17-16-3-2-4-18(16)24(22-17)15-7-5-14(20)6-8-15/h5-8H,2-4,9-13,21H2,1H3. The predicted octanol–water partition coefficient (Wildman–Crippen LogP) is 2.67. The van der Waals surface area contributed by atoms with Crippen LogP contribution in [0.4, 0.5) is 4.39 Å². The van der Waals surface area contributed by atoms with Gasteiger partial charge in [-0.1, -0.05) is 6.92 Å². The summed E-state index contributed by atoms with van der Waals surface area (Å²) < 4.78 is 15.2. The maximum absolute atomic E-state index is 13.2. The molecule has 0 saturated carbocycles. The van der Waals surface area contributed by atoms with E-state index in [1.807, 2.05) is 16.8 Å². The van der Waals surface area contributed by atoms with Crippen molar-refractivity contribution >= 4 is 0 Å². The van der Waals surface area contributed by atoms with Gasteiger partial charge in [0.15, 0.2) is 0 Å². The smallest absolute Gasteiger partial charge is 0.123 e. The zero-order valence-electron chi connectivity index (χ0n) is 14.3. The van der Waals surface area contributed by atoms with E-state index in [9.17, 15) is 4.39 Å². The summed E-state index contributed by atoms with van der Waals surface area (Å²) in [6.07, 6.45) is 4.50. The Bertz CT molecular complexity index is 737. The molecule has 0 spiro atoms. The number of hydrogen-bond acceptors (Lipinski definition) is 3. The summed E-state index contributed by atoms with van der Waals surface area (Å²) in [6.45, 7) is 6.04. The highest BCUT2D eigenvalue weighted by atomic mass is 19.1. The average molecular weight is 328 g/mol. The Balaban J connectivity index is 1.61. The molecule has 5 heteroatoms. The number of fused-ring (bicyclic) bond motifs is 1. The Morgan fingerprint density at radius 2 is 2.04 bits per heavy atom. The van der Waals surface area contributed by atoms with Crippen LogP contribution >= 0.6 is 0 Å². The first-order valence-electron chi connectivity index (χ1n) is 8.86. The van der Waals surface area contributed by atoms with E-state index in [4.69, 9.17) is 10.8 Å². The molecule has 4 rings (SSSR count). The first-order chi connectivity index (χ1) is 11.6. The molecule has 128 valence electrons. The fourth-order valence-electron chi connectivity index (χ4n) is 4.08. The molecular formula is C19H25FN4. The maximum Gasteiger partial charge on any atom is 0.123 e. The largest absolute Gasteiger partial charge is 0.330 e. The second-order valence-electron chi connectivity index (χ2n) is 7.59. The van der Waals surface area contributed by atoms with Crippen molar-refractivity contribution in [2.75, 3.05) is 19.6 Å². The lowest BCUT2D eigenvalue weighted by atomic mass is 9.90. The maximum atomic E-state index is 13.2. The lowest BCUT2D eigenvalue weighted by Crippen LogP contribution is -2.31. The van der Waals surface area contributed by atoms with Crippen LogP contribution in [0.15, 0.2) is 24.3 Å². The normalized spacial score (nSPS) is 23.8. The van der Waals surface area contributed by atoms with Gasteiger partial charge in [0.25, 0.3) is 0 Å². The molecule has 1 aromatic heterocycles. The molecule has 24 heavy (non-hydrogen) atoms. The van der Waals surface area contributed by atoms with Gasteiger partial charge in [0.2, 0.25) is 0 Å². The summed E-state index contributed by atoms with van der Waals surface area (Å²) in [5.41, 5.74) is 11.0. The highest BCUT2D eigenvalue weighted by Crippen LogP contribution is 2.32. The van der Waals surface area contributed by atoms with Crippen molar-refractivity contribution in [3.8, 4) is 5.69 Å². The Morgan fingerprint density at radius 3 is 2.75 bits per heavy atom. The van der Waals surface area contributed by atoms with Crippen LogP contribution in [0.5, 0.6) is 0 Å². The van der Waals surface area contributed by atoms with Crippen molar-refractivity contribution in [2.45, 2.75) is 39.2 Å². The second kappa shape index (κ2) is 5.97. The number of nitrogens with zero attached hydrogens (tertiary/aromatic N) is 3. The van der Waals surface area contributed by atoms with Gasteiger partial charge in [-0.2, -0.15) is 5.10 Å². The van der Waals surface area contributed by atoms with Gasteiger partial charge < -0.3 is 5.73 Å². The summed E-state index contributed by atoms with van der Waals surface area (Å²) >= 11 is 0. The second-order valence-corrected chi connectivity index (χ2v) is 7.59. The number of halogens is 1. The van der Waals surface area contributed by atoms with E-state index in [0.717, 1.165) is 51.1 Å². The highest BCUT2D eigenvalue weighted by molar-refractivity contribution is 5.40. The van der Waals surface area contributed by atoms with E-state index >= 15 is 0 Å². The van der Waals surface area contributed by atoms with Crippen molar-refractivity contribution in [3.63, 3.8) is 0 Å². The Labute approximate surface area is 142 Å². The fourth-order valence-corrected chi connectivity index (χ4v) is 4.08. The molecule has 1 aliphatic heterocycles. The number of aromatic nitrogens is 2. The molecule has 2 aromatic rings. The highest BCUT2D eigenvalue weighted by Gasteiger charge is 2.33. The quantitative estimate of drug-likeness (QED) is 0.939. The van der Waals surface area contributed by atoms with Gasteiger partial charge in [0.05, 0.1) is 11.4 Å². The molecule has 2 N–H and O–H groups in total. The van der Waals surface area contributed by atoms with Gasteiger partial charge in [-0.25, -0.2) is 9.07 Å². The van der Waals surface area contributed by atoms with Crippen molar-refractivity contribution in [2.24, 2.45) is 11.1 Å². The predicted molar refractivity (Wildman–Crippen MR) is 92.6 cm³/mol. The van der Waals surface area contributed by atoms with Crippen LogP contribution in [0.2, 0.25) is 0 Å². The molecule has 0 radical (unpaired) electrons. The lowest BCUT2D eigenvalue weighted by molar-refractivity contribution is 0.271.